The maximum Gasteiger partial charge on any atom is 0.343 e. The van der Waals surface area contributed by atoms with Gasteiger partial charge in [-0.3, -0.25) is 0 Å². The number of ether oxygens (including phenoxy) is 1. The summed E-state index contributed by atoms with van der Waals surface area (Å²) in [7, 11) is 0. The number of esters is 1. The number of amidine groups is 1. The van der Waals surface area contributed by atoms with Crippen LogP contribution in [0.2, 0.25) is 0 Å². The molecule has 2 aliphatic rings. The molecule has 3 rings (SSSR count). The Morgan fingerprint density at radius 2 is 2.31 bits per heavy atom. The predicted octanol–water partition coefficient (Wildman–Crippen LogP) is 2.39. The van der Waals surface area contributed by atoms with Crippen LogP contribution in [-0.4, -0.2) is 46.6 Å². The van der Waals surface area contributed by atoms with Crippen LogP contribution in [0.3, 0.4) is 0 Å². The van der Waals surface area contributed by atoms with E-state index in [9.17, 15) is 9.18 Å². The van der Waals surface area contributed by atoms with Gasteiger partial charge in [-0.15, -0.1) is 0 Å². The molecule has 0 amide bonds. The van der Waals surface area contributed by atoms with E-state index in [4.69, 9.17) is 15.9 Å². The summed E-state index contributed by atoms with van der Waals surface area (Å²) in [4.78, 5) is 23.0. The summed E-state index contributed by atoms with van der Waals surface area (Å²) >= 11 is 0. The summed E-state index contributed by atoms with van der Waals surface area (Å²) in [6.07, 6.45) is 7.12. The van der Waals surface area contributed by atoms with Crippen LogP contribution >= 0.6 is 0 Å². The van der Waals surface area contributed by atoms with Gasteiger partial charge in [-0.2, -0.15) is 0 Å². The molecular weight excluding hydrogens is 411 g/mol. The molecule has 0 aromatic carbocycles. The second-order valence-electron chi connectivity index (χ2n) is 7.99. The lowest BCUT2D eigenvalue weighted by atomic mass is 10.0. The van der Waals surface area contributed by atoms with Gasteiger partial charge < -0.3 is 26.1 Å². The Bertz CT molecular complexity index is 1060. The largest absolute Gasteiger partial charge is 0.462 e. The third-order valence-electron chi connectivity index (χ3n) is 4.87. The van der Waals surface area contributed by atoms with Gasteiger partial charge in [0.05, 0.1) is 24.4 Å². The first-order valence-corrected chi connectivity index (χ1v) is 10.4. The maximum atomic E-state index is 14.1. The molecule has 8 nitrogen and oxygen atoms in total. The van der Waals surface area contributed by atoms with Gasteiger partial charge in [-0.25, -0.2) is 19.2 Å². The predicted molar refractivity (Wildman–Crippen MR) is 120 cm³/mol. The normalized spacial score (nSPS) is 19.5. The van der Waals surface area contributed by atoms with Crippen LogP contribution in [0.5, 0.6) is 0 Å². The first kappa shape index (κ1) is 23.2. The highest BCUT2D eigenvalue weighted by Gasteiger charge is 2.31. The highest BCUT2D eigenvalue weighted by Crippen LogP contribution is 2.34. The number of nitrogens with one attached hydrogen (secondary N) is 2. The lowest BCUT2D eigenvalue weighted by molar-refractivity contribution is -0.137. The van der Waals surface area contributed by atoms with Gasteiger partial charge in [-0.1, -0.05) is 5.92 Å². The third-order valence-corrected chi connectivity index (χ3v) is 4.87. The van der Waals surface area contributed by atoms with Crippen molar-refractivity contribution in [3.8, 4) is 11.8 Å². The summed E-state index contributed by atoms with van der Waals surface area (Å²) in [5.74, 6) is 5.70. The van der Waals surface area contributed by atoms with Gasteiger partial charge in [0.1, 0.15) is 28.7 Å². The molecule has 0 spiro atoms. The molecule has 3 heterocycles. The Morgan fingerprint density at radius 3 is 3.00 bits per heavy atom. The number of carbonyl (C=O) groups is 1. The molecule has 2 aliphatic heterocycles. The van der Waals surface area contributed by atoms with Gasteiger partial charge in [0.15, 0.2) is 0 Å². The molecule has 1 aromatic heterocycles. The minimum atomic E-state index is -0.708. The quantitative estimate of drug-likeness (QED) is 0.288. The van der Waals surface area contributed by atoms with Gasteiger partial charge in [-0.05, 0) is 51.7 Å². The van der Waals surface area contributed by atoms with Gasteiger partial charge in [0, 0.05) is 24.5 Å². The number of hydrogen-bond acceptors (Lipinski definition) is 8. The number of nitrogens with two attached hydrogens (primary N) is 1. The lowest BCUT2D eigenvalue weighted by Gasteiger charge is -2.29. The molecule has 0 saturated carbocycles. The number of aromatic nitrogens is 1. The van der Waals surface area contributed by atoms with E-state index in [1.54, 1.807) is 33.0 Å². The highest BCUT2D eigenvalue weighted by atomic mass is 19.1. The molecular formula is C23H27FN6O2. The van der Waals surface area contributed by atoms with E-state index in [0.29, 0.717) is 23.6 Å². The Labute approximate surface area is 186 Å². The van der Waals surface area contributed by atoms with Crippen LogP contribution in [0, 0.1) is 23.1 Å². The monoisotopic (exact) mass is 438 g/mol. The van der Waals surface area contributed by atoms with Crippen molar-refractivity contribution < 1.29 is 13.9 Å². The van der Waals surface area contributed by atoms with E-state index < -0.39 is 17.3 Å². The van der Waals surface area contributed by atoms with Gasteiger partial charge in [0.2, 0.25) is 0 Å². The average molecular weight is 439 g/mol. The van der Waals surface area contributed by atoms with Crippen molar-refractivity contribution >= 4 is 18.0 Å². The zero-order valence-electron chi connectivity index (χ0n) is 18.4. The first-order valence-electron chi connectivity index (χ1n) is 10.4. The lowest BCUT2D eigenvalue weighted by Crippen LogP contribution is -2.33. The number of likely N-dealkylation sites (tertiary alicyclic amines) is 1. The van der Waals surface area contributed by atoms with Crippen molar-refractivity contribution in [3.05, 3.63) is 53.0 Å². The second kappa shape index (κ2) is 9.75. The third kappa shape index (κ3) is 5.39. The fourth-order valence-electron chi connectivity index (χ4n) is 3.51. The molecule has 0 radical (unpaired) electrons. The van der Waals surface area contributed by atoms with Crippen LogP contribution in [0.4, 0.5) is 4.39 Å². The molecule has 4 N–H and O–H groups in total. The van der Waals surface area contributed by atoms with Gasteiger partial charge in [0.25, 0.3) is 0 Å². The van der Waals surface area contributed by atoms with E-state index in [2.05, 4.69) is 27.1 Å². The molecule has 0 bridgehead atoms. The number of carbonyl (C=O) groups excluding carboxylic acids is 1. The van der Waals surface area contributed by atoms with E-state index in [0.717, 1.165) is 25.3 Å². The Morgan fingerprint density at radius 1 is 1.53 bits per heavy atom. The molecule has 9 heteroatoms. The van der Waals surface area contributed by atoms with Crippen LogP contribution in [0.25, 0.3) is 0 Å². The maximum absolute atomic E-state index is 14.1. The fourth-order valence-corrected chi connectivity index (χ4v) is 3.51. The number of halogens is 1. The summed E-state index contributed by atoms with van der Waals surface area (Å²) in [5.41, 5.74) is 6.43. The van der Waals surface area contributed by atoms with Crippen LogP contribution < -0.4 is 11.1 Å². The summed E-state index contributed by atoms with van der Waals surface area (Å²) < 4.78 is 19.1. The highest BCUT2D eigenvalue weighted by molar-refractivity contribution is 6.10. The minimum Gasteiger partial charge on any atom is -0.462 e. The molecule has 1 atom stereocenters. The smallest absolute Gasteiger partial charge is 0.343 e. The van der Waals surface area contributed by atoms with Crippen molar-refractivity contribution in [1.29, 1.82) is 5.41 Å². The first-order chi connectivity index (χ1) is 15.2. The Kier molecular flexibility index (Phi) is 7.05. The molecule has 168 valence electrons. The zero-order valence-corrected chi connectivity index (χ0v) is 18.4. The molecule has 1 unspecified atom stereocenters. The molecule has 1 fully saturated rings. The van der Waals surface area contributed by atoms with Crippen molar-refractivity contribution in [2.45, 2.75) is 45.2 Å². The van der Waals surface area contributed by atoms with Crippen molar-refractivity contribution in [2.24, 2.45) is 10.7 Å². The number of hydrogen-bond donors (Lipinski definition) is 3. The number of aliphatic imine (C=N–C) groups is 1. The van der Waals surface area contributed by atoms with E-state index in [1.165, 1.54) is 6.07 Å². The van der Waals surface area contributed by atoms with E-state index in [-0.39, 0.29) is 24.0 Å². The number of nitrogens with zero attached hydrogens (tertiary/aromatic N) is 3. The van der Waals surface area contributed by atoms with E-state index in [1.807, 2.05) is 4.90 Å². The fraction of sp³-hybridized carbons (Fsp3) is 0.391. The standard InChI is InChI=1S/C23H27FN6O2/c1-4-32-22(31)17(13-25)21-27-10-8-20(29-21)30-11-5-6-19(30)16-12-15(24)14-28-18(16)7-9-23(2,3)26/h8,10,12-14,19,25,27H,4-6,11,26H2,1-3H3/b21-17-,25-13?. The molecule has 32 heavy (non-hydrogen) atoms. The number of pyridine rings is 1. The average Bonchev–Trinajstić information content (AvgIpc) is 3.23. The number of rotatable bonds is 4. The zero-order chi connectivity index (χ0) is 23.3. The van der Waals surface area contributed by atoms with Crippen LogP contribution in [0.15, 0.2) is 40.9 Å². The Balaban J connectivity index is 2.00. The summed E-state index contributed by atoms with van der Waals surface area (Å²) in [6, 6.07) is 1.25. The SMILES string of the molecule is CCOC(=O)/C(C=N)=C1\N=C(N2CCCC2c2cc(F)cnc2C#CC(C)(C)N)C=CN1. The minimum absolute atomic E-state index is 0.0219. The second-order valence-corrected chi connectivity index (χ2v) is 7.99. The molecule has 1 aromatic rings. The van der Waals surface area contributed by atoms with E-state index >= 15 is 0 Å². The summed E-state index contributed by atoms with van der Waals surface area (Å²) in [5, 5.41) is 10.5. The van der Waals surface area contributed by atoms with Crippen molar-refractivity contribution in [2.75, 3.05) is 13.2 Å². The van der Waals surface area contributed by atoms with Gasteiger partial charge >= 0.3 is 5.97 Å². The summed E-state index contributed by atoms with van der Waals surface area (Å²) in [6.45, 7) is 6.16. The molecule has 0 aliphatic carbocycles. The van der Waals surface area contributed by atoms with Crippen LogP contribution in [0.1, 0.15) is 50.9 Å². The van der Waals surface area contributed by atoms with Crippen LogP contribution in [-0.2, 0) is 9.53 Å². The van der Waals surface area contributed by atoms with Crippen molar-refractivity contribution in [1.82, 2.24) is 15.2 Å². The van der Waals surface area contributed by atoms with Crippen molar-refractivity contribution in [3.63, 3.8) is 0 Å². The topological polar surface area (TPSA) is 117 Å². The Hall–Kier alpha value is -3.51. The molecule has 1 saturated heterocycles.